The Hall–Kier alpha value is -2.87. The molecular weight excluding hydrogens is 288 g/mol. The number of likely N-dealkylation sites (tertiary alicyclic amines) is 1. The fourth-order valence-electron chi connectivity index (χ4n) is 2.76. The molecule has 5 nitrogen and oxygen atoms in total. The molecule has 1 N–H and O–H groups in total. The van der Waals surface area contributed by atoms with Crippen molar-refractivity contribution >= 4 is 11.7 Å². The number of pyridine rings is 1. The zero-order valence-corrected chi connectivity index (χ0v) is 13.0. The molecule has 2 aromatic rings. The average molecular weight is 306 g/mol. The maximum Gasteiger partial charge on any atom is 0.245 e. The van der Waals surface area contributed by atoms with E-state index in [2.05, 4.69) is 16.4 Å². The molecule has 3 rings (SSSR count). The Labute approximate surface area is 135 Å². The van der Waals surface area contributed by atoms with Gasteiger partial charge in [-0.25, -0.2) is 4.98 Å². The van der Waals surface area contributed by atoms with Crippen LogP contribution in [0.2, 0.25) is 0 Å². The zero-order chi connectivity index (χ0) is 16.2. The number of hydrogen-bond acceptors (Lipinski definition) is 4. The van der Waals surface area contributed by atoms with E-state index in [1.165, 1.54) is 0 Å². The predicted molar refractivity (Wildman–Crippen MR) is 87.6 cm³/mol. The largest absolute Gasteiger partial charge is 0.357 e. The molecule has 1 atom stereocenters. The van der Waals surface area contributed by atoms with Crippen molar-refractivity contribution in [2.45, 2.75) is 25.9 Å². The van der Waals surface area contributed by atoms with Crippen molar-refractivity contribution in [3.05, 3.63) is 59.3 Å². The first-order valence-electron chi connectivity index (χ1n) is 7.64. The Balaban J connectivity index is 1.70. The summed E-state index contributed by atoms with van der Waals surface area (Å²) in [4.78, 5) is 18.7. The van der Waals surface area contributed by atoms with Crippen LogP contribution in [0.1, 0.15) is 23.2 Å². The summed E-state index contributed by atoms with van der Waals surface area (Å²) in [6.07, 6.45) is 0.714. The molecule has 0 aliphatic carbocycles. The van der Waals surface area contributed by atoms with Crippen LogP contribution in [0.4, 0.5) is 5.82 Å². The van der Waals surface area contributed by atoms with E-state index in [1.807, 2.05) is 42.2 Å². The van der Waals surface area contributed by atoms with Crippen molar-refractivity contribution < 1.29 is 4.79 Å². The number of benzene rings is 1. The van der Waals surface area contributed by atoms with Crippen LogP contribution in [0, 0.1) is 18.3 Å². The lowest BCUT2D eigenvalue weighted by atomic mass is 10.2. The molecule has 0 bridgehead atoms. The first-order chi connectivity index (χ1) is 11.2. The van der Waals surface area contributed by atoms with E-state index >= 15 is 0 Å². The highest BCUT2D eigenvalue weighted by Gasteiger charge is 2.32. The first-order valence-corrected chi connectivity index (χ1v) is 7.64. The highest BCUT2D eigenvalue weighted by atomic mass is 16.2. The van der Waals surface area contributed by atoms with Crippen LogP contribution in [-0.4, -0.2) is 28.4 Å². The molecule has 1 aromatic heterocycles. The third kappa shape index (κ3) is 3.32. The average Bonchev–Trinajstić information content (AvgIpc) is 2.89. The van der Waals surface area contributed by atoms with Crippen LogP contribution >= 0.6 is 0 Å². The molecule has 1 fully saturated rings. The zero-order valence-electron chi connectivity index (χ0n) is 13.0. The number of aryl methyl sites for hydroxylation is 1. The van der Waals surface area contributed by atoms with Crippen molar-refractivity contribution in [2.75, 3.05) is 11.9 Å². The van der Waals surface area contributed by atoms with E-state index in [4.69, 9.17) is 0 Å². The second-order valence-electron chi connectivity index (χ2n) is 5.69. The Morgan fingerprint density at radius 2 is 2.09 bits per heavy atom. The molecule has 2 heterocycles. The molecular formula is C18H18N4O. The molecule has 0 radical (unpaired) electrons. The van der Waals surface area contributed by atoms with E-state index in [0.29, 0.717) is 30.9 Å². The minimum atomic E-state index is -0.319. The van der Waals surface area contributed by atoms with E-state index in [1.54, 1.807) is 12.1 Å². The lowest BCUT2D eigenvalue weighted by Gasteiger charge is -2.18. The summed E-state index contributed by atoms with van der Waals surface area (Å²) in [5, 5.41) is 12.3. The van der Waals surface area contributed by atoms with Gasteiger partial charge in [0.05, 0.1) is 5.56 Å². The smallest absolute Gasteiger partial charge is 0.245 e. The Morgan fingerprint density at radius 1 is 1.30 bits per heavy atom. The molecule has 1 aromatic carbocycles. The van der Waals surface area contributed by atoms with Crippen molar-refractivity contribution in [1.29, 1.82) is 5.26 Å². The van der Waals surface area contributed by atoms with Crippen LogP contribution in [0.25, 0.3) is 0 Å². The van der Waals surface area contributed by atoms with Crippen LogP contribution in [0.3, 0.4) is 0 Å². The number of nitrogens with zero attached hydrogens (tertiary/aromatic N) is 3. The van der Waals surface area contributed by atoms with Crippen molar-refractivity contribution in [2.24, 2.45) is 0 Å². The summed E-state index contributed by atoms with van der Waals surface area (Å²) < 4.78 is 0. The number of hydrogen-bond donors (Lipinski definition) is 1. The van der Waals surface area contributed by atoms with Gasteiger partial charge < -0.3 is 10.2 Å². The van der Waals surface area contributed by atoms with Crippen LogP contribution in [-0.2, 0) is 11.3 Å². The monoisotopic (exact) mass is 306 g/mol. The fraction of sp³-hybridized carbons (Fsp3) is 0.278. The molecule has 0 unspecified atom stereocenters. The van der Waals surface area contributed by atoms with Crippen LogP contribution < -0.4 is 5.32 Å². The molecule has 0 spiro atoms. The number of anilines is 1. The fourth-order valence-corrected chi connectivity index (χ4v) is 2.76. The minimum Gasteiger partial charge on any atom is -0.357 e. The van der Waals surface area contributed by atoms with E-state index < -0.39 is 0 Å². The van der Waals surface area contributed by atoms with E-state index in [-0.39, 0.29) is 11.9 Å². The molecule has 1 amide bonds. The summed E-state index contributed by atoms with van der Waals surface area (Å²) in [6.45, 7) is 3.19. The van der Waals surface area contributed by atoms with Crippen molar-refractivity contribution in [1.82, 2.24) is 9.88 Å². The Morgan fingerprint density at radius 3 is 2.83 bits per heavy atom. The van der Waals surface area contributed by atoms with Crippen molar-refractivity contribution in [3.63, 3.8) is 0 Å². The van der Waals surface area contributed by atoms with Gasteiger partial charge >= 0.3 is 0 Å². The van der Waals surface area contributed by atoms with Gasteiger partial charge in [0.15, 0.2) is 0 Å². The number of nitriles is 1. The maximum atomic E-state index is 12.6. The van der Waals surface area contributed by atoms with E-state index in [0.717, 1.165) is 11.3 Å². The molecule has 1 aliphatic heterocycles. The summed E-state index contributed by atoms with van der Waals surface area (Å²) in [5.74, 6) is 0.550. The molecule has 1 saturated heterocycles. The predicted octanol–water partition coefficient (Wildman–Crippen LogP) is 2.47. The number of nitrogens with one attached hydrogen (secondary N) is 1. The topological polar surface area (TPSA) is 69.0 Å². The Kier molecular flexibility index (Phi) is 4.24. The normalized spacial score (nSPS) is 17.1. The summed E-state index contributed by atoms with van der Waals surface area (Å²) in [5.41, 5.74) is 2.40. The second kappa shape index (κ2) is 6.49. The summed E-state index contributed by atoms with van der Waals surface area (Å²) in [6, 6.07) is 15.3. The Bertz CT molecular complexity index is 751. The molecule has 23 heavy (non-hydrogen) atoms. The maximum absolute atomic E-state index is 12.6. The van der Waals surface area contributed by atoms with Crippen LogP contribution in [0.5, 0.6) is 0 Å². The molecule has 116 valence electrons. The summed E-state index contributed by atoms with van der Waals surface area (Å²) >= 11 is 0. The standard InChI is InChI=1S/C18H18N4O/c1-13-7-8-15(11-19)17(20-13)21-16-9-10-22(18(16)23)12-14-5-3-2-4-6-14/h2-8,16H,9-10,12H2,1H3,(H,20,21)/t16-/m0/s1. The quantitative estimate of drug-likeness (QED) is 0.942. The van der Waals surface area contributed by atoms with Gasteiger partial charge in [-0.2, -0.15) is 5.26 Å². The lowest BCUT2D eigenvalue weighted by Crippen LogP contribution is -2.33. The third-order valence-corrected chi connectivity index (χ3v) is 3.98. The minimum absolute atomic E-state index is 0.0565. The number of amides is 1. The number of carbonyl (C=O) groups is 1. The van der Waals surface area contributed by atoms with Gasteiger partial charge in [-0.05, 0) is 31.0 Å². The van der Waals surface area contributed by atoms with Crippen molar-refractivity contribution in [3.8, 4) is 6.07 Å². The molecule has 0 saturated carbocycles. The van der Waals surface area contributed by atoms with Gasteiger partial charge in [-0.15, -0.1) is 0 Å². The van der Waals surface area contributed by atoms with E-state index in [9.17, 15) is 10.1 Å². The van der Waals surface area contributed by atoms with Gasteiger partial charge in [0.2, 0.25) is 5.91 Å². The SMILES string of the molecule is Cc1ccc(C#N)c(N[C@H]2CCN(Cc3ccccc3)C2=O)n1. The summed E-state index contributed by atoms with van der Waals surface area (Å²) in [7, 11) is 0. The van der Waals surface area contributed by atoms with Crippen LogP contribution in [0.15, 0.2) is 42.5 Å². The third-order valence-electron chi connectivity index (χ3n) is 3.98. The molecule has 5 heteroatoms. The lowest BCUT2D eigenvalue weighted by molar-refractivity contribution is -0.128. The van der Waals surface area contributed by atoms with Gasteiger partial charge in [-0.3, -0.25) is 4.79 Å². The second-order valence-corrected chi connectivity index (χ2v) is 5.69. The number of carbonyl (C=O) groups excluding carboxylic acids is 1. The van der Waals surface area contributed by atoms with Gasteiger partial charge in [0.1, 0.15) is 17.9 Å². The molecule has 1 aliphatic rings. The number of aromatic nitrogens is 1. The van der Waals surface area contributed by atoms with Gasteiger partial charge in [-0.1, -0.05) is 30.3 Å². The number of rotatable bonds is 4. The first kappa shape index (κ1) is 15.0. The van der Waals surface area contributed by atoms with Gasteiger partial charge in [0, 0.05) is 18.8 Å². The van der Waals surface area contributed by atoms with Gasteiger partial charge in [0.25, 0.3) is 0 Å². The highest BCUT2D eigenvalue weighted by molar-refractivity contribution is 5.86. The highest BCUT2D eigenvalue weighted by Crippen LogP contribution is 2.20.